The first kappa shape index (κ1) is 19.4. The topological polar surface area (TPSA) is 96.7 Å². The third-order valence-electron chi connectivity index (χ3n) is 2.70. The van der Waals surface area contributed by atoms with Crippen LogP contribution >= 0.6 is 34.8 Å². The molecule has 1 atom stereocenters. The summed E-state index contributed by atoms with van der Waals surface area (Å²) in [5.74, 6) is 0.296. The van der Waals surface area contributed by atoms with Gasteiger partial charge in [0, 0.05) is 14.1 Å². The largest absolute Gasteiger partial charge is 0.496 e. The van der Waals surface area contributed by atoms with Crippen LogP contribution in [0.1, 0.15) is 0 Å². The van der Waals surface area contributed by atoms with E-state index in [4.69, 9.17) is 39.5 Å². The Morgan fingerprint density at radius 1 is 1.39 bits per heavy atom. The minimum absolute atomic E-state index is 0.0613. The molecule has 2 N–H and O–H groups in total. The molecule has 0 aliphatic rings. The predicted octanol–water partition coefficient (Wildman–Crippen LogP) is 2.98. The number of halogens is 3. The van der Waals surface area contributed by atoms with Crippen molar-refractivity contribution in [3.05, 3.63) is 28.3 Å². The quantitative estimate of drug-likeness (QED) is 0.351. The third-order valence-corrected chi connectivity index (χ3v) is 3.36. The number of nitro groups is 1. The molecule has 0 fully saturated rings. The molecule has 0 saturated heterocycles. The van der Waals surface area contributed by atoms with E-state index < -0.39 is 20.9 Å². The summed E-state index contributed by atoms with van der Waals surface area (Å²) in [6.45, 7) is 0. The summed E-state index contributed by atoms with van der Waals surface area (Å²) in [5, 5.41) is 16.2. The van der Waals surface area contributed by atoms with Crippen molar-refractivity contribution in [1.82, 2.24) is 10.2 Å². The number of hydrogen-bond donors (Lipinski definition) is 2. The summed E-state index contributed by atoms with van der Waals surface area (Å²) < 4.78 is 3.00. The van der Waals surface area contributed by atoms with Crippen LogP contribution in [-0.4, -0.2) is 47.0 Å². The van der Waals surface area contributed by atoms with Crippen molar-refractivity contribution < 1.29 is 14.5 Å². The lowest BCUT2D eigenvalue weighted by Crippen LogP contribution is -2.52. The van der Waals surface area contributed by atoms with Gasteiger partial charge in [-0.05, 0) is 12.1 Å². The zero-order chi connectivity index (χ0) is 17.8. The highest BCUT2D eigenvalue weighted by molar-refractivity contribution is 6.68. The van der Waals surface area contributed by atoms with Gasteiger partial charge in [0.2, 0.25) is 3.79 Å². The summed E-state index contributed by atoms with van der Waals surface area (Å²) in [6, 6.07) is 3.57. The Morgan fingerprint density at radius 2 is 2.00 bits per heavy atom. The first-order valence-electron chi connectivity index (χ1n) is 6.19. The van der Waals surface area contributed by atoms with Crippen LogP contribution in [0.25, 0.3) is 0 Å². The summed E-state index contributed by atoms with van der Waals surface area (Å²) in [6.07, 6.45) is -1.20. The molecule has 0 heterocycles. The first-order chi connectivity index (χ1) is 10.6. The number of nitro benzene ring substituents is 1. The summed E-state index contributed by atoms with van der Waals surface area (Å²) >= 11 is 17.5. The Labute approximate surface area is 147 Å². The number of benzene rings is 1. The Bertz CT molecular complexity index is 592. The second kappa shape index (κ2) is 7.76. The van der Waals surface area contributed by atoms with Crippen LogP contribution in [0.15, 0.2) is 18.2 Å². The lowest BCUT2D eigenvalue weighted by Gasteiger charge is -2.28. The molecule has 1 aromatic carbocycles. The van der Waals surface area contributed by atoms with Gasteiger partial charge >= 0.3 is 6.03 Å². The van der Waals surface area contributed by atoms with E-state index in [2.05, 4.69) is 10.6 Å². The van der Waals surface area contributed by atoms with Crippen molar-refractivity contribution in [1.29, 1.82) is 0 Å². The van der Waals surface area contributed by atoms with Gasteiger partial charge in [0.15, 0.2) is 0 Å². The van der Waals surface area contributed by atoms with E-state index in [0.29, 0.717) is 5.75 Å². The monoisotopic (exact) mass is 384 g/mol. The maximum atomic E-state index is 11.8. The Balaban J connectivity index is 3.13. The number of nitrogens with zero attached hydrogens (tertiary/aromatic N) is 2. The molecule has 0 unspecified atom stereocenters. The number of urea groups is 1. The molecule has 1 aromatic rings. The van der Waals surface area contributed by atoms with Gasteiger partial charge in [0.05, 0.1) is 18.1 Å². The summed E-state index contributed by atoms with van der Waals surface area (Å²) in [5.41, 5.74) is -0.228. The van der Waals surface area contributed by atoms with E-state index in [9.17, 15) is 14.9 Å². The second-order valence-electron chi connectivity index (χ2n) is 4.60. The average Bonchev–Trinajstić information content (AvgIpc) is 2.45. The van der Waals surface area contributed by atoms with E-state index in [-0.39, 0.29) is 11.4 Å². The molecule has 11 heteroatoms. The third kappa shape index (κ3) is 5.49. The van der Waals surface area contributed by atoms with E-state index in [1.807, 2.05) is 0 Å². The van der Waals surface area contributed by atoms with Crippen molar-refractivity contribution in [2.45, 2.75) is 9.96 Å². The molecule has 2 amide bonds. The van der Waals surface area contributed by atoms with Crippen LogP contribution in [-0.2, 0) is 0 Å². The van der Waals surface area contributed by atoms with Crippen LogP contribution < -0.4 is 15.4 Å². The Morgan fingerprint density at radius 3 is 2.43 bits per heavy atom. The molecule has 0 saturated carbocycles. The molecule has 0 bridgehead atoms. The number of rotatable bonds is 5. The van der Waals surface area contributed by atoms with E-state index >= 15 is 0 Å². The maximum Gasteiger partial charge on any atom is 0.318 e. The fraction of sp³-hybridized carbons (Fsp3) is 0.417. The zero-order valence-electron chi connectivity index (χ0n) is 12.5. The predicted molar refractivity (Wildman–Crippen MR) is 89.6 cm³/mol. The van der Waals surface area contributed by atoms with Crippen molar-refractivity contribution in [3.8, 4) is 5.75 Å². The van der Waals surface area contributed by atoms with Crippen LogP contribution in [0.4, 0.5) is 16.2 Å². The first-order valence-corrected chi connectivity index (χ1v) is 7.33. The molecule has 1 rings (SSSR count). The number of carbonyl (C=O) groups excluding carboxylic acids is 1. The van der Waals surface area contributed by atoms with Crippen molar-refractivity contribution in [2.24, 2.45) is 0 Å². The normalized spacial score (nSPS) is 12.3. The van der Waals surface area contributed by atoms with E-state index in [0.717, 1.165) is 0 Å². The lowest BCUT2D eigenvalue weighted by molar-refractivity contribution is -0.384. The van der Waals surface area contributed by atoms with E-state index in [1.54, 1.807) is 0 Å². The standard InChI is InChI=1S/C12H15Cl3N4O4/c1-18(2)11(20)17-10(12(13,14)15)16-8-5-4-7(23-3)6-9(8)19(21)22/h4-6,10,16H,1-3H3,(H,17,20)/t10-/m1/s1. The smallest absolute Gasteiger partial charge is 0.318 e. The SMILES string of the molecule is COc1ccc(N[C@H](NC(=O)N(C)C)C(Cl)(Cl)Cl)c([N+](=O)[O-])c1. The van der Waals surface area contributed by atoms with Gasteiger partial charge in [-0.15, -0.1) is 0 Å². The molecular weight excluding hydrogens is 371 g/mol. The highest BCUT2D eigenvalue weighted by Crippen LogP contribution is 2.35. The van der Waals surface area contributed by atoms with Crippen molar-refractivity contribution in [3.63, 3.8) is 0 Å². The van der Waals surface area contributed by atoms with Crippen LogP contribution in [0.5, 0.6) is 5.75 Å². The minimum atomic E-state index is -1.94. The molecule has 0 aliphatic heterocycles. The number of carbonyl (C=O) groups is 1. The fourth-order valence-corrected chi connectivity index (χ4v) is 1.85. The van der Waals surface area contributed by atoms with Gasteiger partial charge in [-0.3, -0.25) is 10.1 Å². The number of anilines is 1. The highest BCUT2D eigenvalue weighted by Gasteiger charge is 2.35. The number of ether oxygens (including phenoxy) is 1. The second-order valence-corrected chi connectivity index (χ2v) is 6.97. The molecule has 23 heavy (non-hydrogen) atoms. The minimum Gasteiger partial charge on any atom is -0.496 e. The molecule has 8 nitrogen and oxygen atoms in total. The molecular formula is C12H15Cl3N4O4. The summed E-state index contributed by atoms with van der Waals surface area (Å²) in [7, 11) is 4.38. The van der Waals surface area contributed by atoms with Gasteiger partial charge in [0.1, 0.15) is 17.6 Å². The molecule has 0 aliphatic carbocycles. The molecule has 0 spiro atoms. The van der Waals surface area contributed by atoms with Crippen molar-refractivity contribution in [2.75, 3.05) is 26.5 Å². The maximum absolute atomic E-state index is 11.8. The van der Waals surface area contributed by atoms with Gasteiger partial charge in [0.25, 0.3) is 5.69 Å². The molecule has 128 valence electrons. The van der Waals surface area contributed by atoms with E-state index in [1.165, 1.54) is 44.3 Å². The average molecular weight is 386 g/mol. The van der Waals surface area contributed by atoms with Gasteiger partial charge < -0.3 is 20.3 Å². The molecule has 0 aromatic heterocycles. The fourth-order valence-electron chi connectivity index (χ4n) is 1.52. The number of hydrogen-bond acceptors (Lipinski definition) is 5. The molecule has 0 radical (unpaired) electrons. The van der Waals surface area contributed by atoms with Crippen LogP contribution in [0.3, 0.4) is 0 Å². The number of amides is 2. The Kier molecular flexibility index (Phi) is 6.55. The lowest BCUT2D eigenvalue weighted by atomic mass is 10.2. The zero-order valence-corrected chi connectivity index (χ0v) is 14.7. The van der Waals surface area contributed by atoms with Crippen LogP contribution in [0, 0.1) is 10.1 Å². The highest BCUT2D eigenvalue weighted by atomic mass is 35.6. The summed E-state index contributed by atoms with van der Waals surface area (Å²) in [4.78, 5) is 23.5. The number of nitrogens with one attached hydrogen (secondary N) is 2. The number of alkyl halides is 3. The van der Waals surface area contributed by atoms with Gasteiger partial charge in [-0.1, -0.05) is 34.8 Å². The van der Waals surface area contributed by atoms with Gasteiger partial charge in [-0.2, -0.15) is 0 Å². The Hall–Kier alpha value is -1.64. The number of methoxy groups -OCH3 is 1. The van der Waals surface area contributed by atoms with Crippen molar-refractivity contribution >= 4 is 52.2 Å². The van der Waals surface area contributed by atoms with Crippen LogP contribution in [0.2, 0.25) is 0 Å². The van der Waals surface area contributed by atoms with Gasteiger partial charge in [-0.25, -0.2) is 4.79 Å².